The zero-order valence-electron chi connectivity index (χ0n) is 23.8. The molecule has 0 aliphatic carbocycles. The molecule has 12 heteroatoms. The van der Waals surface area contributed by atoms with Gasteiger partial charge in [-0.3, -0.25) is 14.5 Å². The smallest absolute Gasteiger partial charge is 0.426 e. The average molecular weight is 584 g/mol. The number of benzene rings is 2. The van der Waals surface area contributed by atoms with Crippen LogP contribution >= 0.6 is 0 Å². The number of pyridine rings is 1. The summed E-state index contributed by atoms with van der Waals surface area (Å²) in [5, 5.41) is 8.42. The summed E-state index contributed by atoms with van der Waals surface area (Å²) in [6.07, 6.45) is -6.59. The minimum Gasteiger partial charge on any atom is -0.478 e. The summed E-state index contributed by atoms with van der Waals surface area (Å²) < 4.78 is 54.0. The largest absolute Gasteiger partial charge is 0.478 e. The Hall–Kier alpha value is -4.19. The number of aryl methyl sites for hydroxylation is 3. The second kappa shape index (κ2) is 11.6. The van der Waals surface area contributed by atoms with E-state index >= 15 is 0 Å². The van der Waals surface area contributed by atoms with Crippen LogP contribution in [0.2, 0.25) is 0 Å². The highest BCUT2D eigenvalue weighted by molar-refractivity contribution is 5.80. The SMILES string of the molecule is CCOC(=O)C[C@H](c1ccc(C)c(CN2Cc3[nH]c(=O)ccc3O[C@@H](C(F)(F)F)C2)c1)c1ccc2c(nnn2C)c1C. The number of halogens is 3. The van der Waals surface area contributed by atoms with Gasteiger partial charge in [0.1, 0.15) is 11.3 Å². The number of nitrogens with zero attached hydrogens (tertiary/aromatic N) is 4. The second-order valence-corrected chi connectivity index (χ2v) is 10.6. The monoisotopic (exact) mass is 583 g/mol. The molecule has 0 saturated heterocycles. The Morgan fingerprint density at radius 3 is 2.71 bits per heavy atom. The average Bonchev–Trinajstić information content (AvgIpc) is 3.20. The van der Waals surface area contributed by atoms with Crippen LogP contribution in [0.4, 0.5) is 13.2 Å². The standard InChI is InChI=1S/C30H32F3N5O4/c1-5-41-28(40)13-22(21-8-9-24-29(18(21)3)35-36-37(24)4)19-7-6-17(2)20(12-19)14-38-15-23-25(10-11-27(39)34-23)42-26(16-38)30(31,32)33/h6-12,22,26H,5,13-16H2,1-4H3,(H,34,39)/t22-,26-/m1/s1. The first-order valence-electron chi connectivity index (χ1n) is 13.7. The number of aromatic amines is 1. The van der Waals surface area contributed by atoms with Crippen molar-refractivity contribution in [3.63, 3.8) is 0 Å². The summed E-state index contributed by atoms with van der Waals surface area (Å²) in [6, 6.07) is 12.1. The first kappa shape index (κ1) is 29.3. The van der Waals surface area contributed by atoms with Crippen molar-refractivity contribution in [2.24, 2.45) is 7.05 Å². The Morgan fingerprint density at radius 2 is 1.98 bits per heavy atom. The number of carbonyl (C=O) groups is 1. The number of esters is 1. The zero-order chi connectivity index (χ0) is 30.2. The molecule has 0 amide bonds. The van der Waals surface area contributed by atoms with Gasteiger partial charge in [0.2, 0.25) is 11.7 Å². The van der Waals surface area contributed by atoms with Gasteiger partial charge in [0, 0.05) is 38.7 Å². The molecule has 0 saturated carbocycles. The molecule has 3 heterocycles. The van der Waals surface area contributed by atoms with Gasteiger partial charge in [-0.1, -0.05) is 29.5 Å². The summed E-state index contributed by atoms with van der Waals surface area (Å²) >= 11 is 0. The third-order valence-electron chi connectivity index (χ3n) is 7.70. The van der Waals surface area contributed by atoms with E-state index < -0.39 is 24.4 Å². The molecule has 0 unspecified atom stereocenters. The van der Waals surface area contributed by atoms with E-state index in [1.165, 1.54) is 6.07 Å². The number of hydrogen-bond donors (Lipinski definition) is 1. The number of aromatic nitrogens is 4. The molecule has 2 aromatic carbocycles. The molecule has 9 nitrogen and oxygen atoms in total. The molecule has 0 fully saturated rings. The quantitative estimate of drug-likeness (QED) is 0.315. The van der Waals surface area contributed by atoms with Gasteiger partial charge in [0.25, 0.3) is 0 Å². The summed E-state index contributed by atoms with van der Waals surface area (Å²) in [4.78, 5) is 28.9. The van der Waals surface area contributed by atoms with Gasteiger partial charge < -0.3 is 14.5 Å². The fraction of sp³-hybridized carbons (Fsp3) is 0.400. The minimum absolute atomic E-state index is 0.00859. The summed E-state index contributed by atoms with van der Waals surface area (Å²) in [6.45, 7) is 5.63. The lowest BCUT2D eigenvalue weighted by atomic mass is 9.84. The van der Waals surface area contributed by atoms with E-state index in [9.17, 15) is 22.8 Å². The van der Waals surface area contributed by atoms with Crippen LogP contribution in [-0.2, 0) is 29.7 Å². The molecule has 42 heavy (non-hydrogen) atoms. The predicted molar refractivity (Wildman–Crippen MR) is 149 cm³/mol. The van der Waals surface area contributed by atoms with Gasteiger partial charge in [0.05, 0.1) is 24.2 Å². The van der Waals surface area contributed by atoms with Crippen LogP contribution in [0, 0.1) is 13.8 Å². The number of carbonyl (C=O) groups excluding carboxylic acids is 1. The molecule has 0 bridgehead atoms. The molecule has 0 spiro atoms. The lowest BCUT2D eigenvalue weighted by Gasteiger charge is -2.26. The highest BCUT2D eigenvalue weighted by Gasteiger charge is 2.44. The summed E-state index contributed by atoms with van der Waals surface area (Å²) in [7, 11) is 1.81. The number of rotatable bonds is 7. The predicted octanol–water partition coefficient (Wildman–Crippen LogP) is 4.68. The van der Waals surface area contributed by atoms with E-state index in [2.05, 4.69) is 15.3 Å². The van der Waals surface area contributed by atoms with Crippen molar-refractivity contribution in [2.75, 3.05) is 13.2 Å². The van der Waals surface area contributed by atoms with E-state index in [0.717, 1.165) is 44.9 Å². The first-order chi connectivity index (χ1) is 19.9. The molecule has 222 valence electrons. The van der Waals surface area contributed by atoms with Crippen molar-refractivity contribution in [3.05, 3.63) is 86.3 Å². The summed E-state index contributed by atoms with van der Waals surface area (Å²) in [5.41, 5.74) is 5.72. The van der Waals surface area contributed by atoms with Crippen molar-refractivity contribution in [2.45, 2.75) is 58.5 Å². The normalized spacial score (nSPS) is 16.5. The van der Waals surface area contributed by atoms with E-state index in [1.54, 1.807) is 16.5 Å². The Kier molecular flexibility index (Phi) is 8.09. The second-order valence-electron chi connectivity index (χ2n) is 10.6. The fourth-order valence-electron chi connectivity index (χ4n) is 5.48. The highest BCUT2D eigenvalue weighted by atomic mass is 19.4. The number of fused-ring (bicyclic) bond motifs is 2. The van der Waals surface area contributed by atoms with Crippen molar-refractivity contribution in [1.82, 2.24) is 24.9 Å². The molecule has 4 aromatic rings. The molecule has 2 aromatic heterocycles. The van der Waals surface area contributed by atoms with Crippen molar-refractivity contribution in [1.29, 1.82) is 0 Å². The fourth-order valence-corrected chi connectivity index (χ4v) is 5.48. The Labute approximate surface area is 240 Å². The Bertz CT molecular complexity index is 1680. The third kappa shape index (κ3) is 6.03. The topological polar surface area (TPSA) is 102 Å². The van der Waals surface area contributed by atoms with Gasteiger partial charge in [-0.15, -0.1) is 5.10 Å². The number of nitrogens with one attached hydrogen (secondary N) is 1. The van der Waals surface area contributed by atoms with E-state index in [1.807, 2.05) is 51.2 Å². The maximum Gasteiger partial charge on any atom is 0.426 e. The Morgan fingerprint density at radius 1 is 1.19 bits per heavy atom. The van der Waals surface area contributed by atoms with Crippen molar-refractivity contribution < 1.29 is 27.4 Å². The van der Waals surface area contributed by atoms with Crippen LogP contribution in [-0.4, -0.2) is 56.3 Å². The number of hydrogen-bond acceptors (Lipinski definition) is 7. The van der Waals surface area contributed by atoms with Crippen LogP contribution in [0.5, 0.6) is 5.75 Å². The molecule has 0 radical (unpaired) electrons. The molecule has 1 aliphatic heterocycles. The number of H-pyrrole nitrogens is 1. The third-order valence-corrected chi connectivity index (χ3v) is 7.70. The molecular formula is C30H32F3N5O4. The van der Waals surface area contributed by atoms with Gasteiger partial charge >= 0.3 is 12.1 Å². The van der Waals surface area contributed by atoms with Crippen LogP contribution in [0.25, 0.3) is 11.0 Å². The van der Waals surface area contributed by atoms with Crippen LogP contribution in [0.3, 0.4) is 0 Å². The number of alkyl halides is 3. The summed E-state index contributed by atoms with van der Waals surface area (Å²) in [5.74, 6) is -0.738. The van der Waals surface area contributed by atoms with Crippen LogP contribution < -0.4 is 10.3 Å². The van der Waals surface area contributed by atoms with E-state index in [4.69, 9.17) is 9.47 Å². The van der Waals surface area contributed by atoms with E-state index in [0.29, 0.717) is 0 Å². The van der Waals surface area contributed by atoms with Gasteiger partial charge in [0.15, 0.2) is 0 Å². The van der Waals surface area contributed by atoms with E-state index in [-0.39, 0.29) is 49.4 Å². The molecule has 1 aliphatic rings. The maximum absolute atomic E-state index is 13.9. The number of ether oxygens (including phenoxy) is 2. The Balaban J connectivity index is 1.53. The van der Waals surface area contributed by atoms with Crippen LogP contribution in [0.15, 0.2) is 47.3 Å². The molecular weight excluding hydrogens is 551 g/mol. The highest BCUT2D eigenvalue weighted by Crippen LogP contribution is 2.36. The lowest BCUT2D eigenvalue weighted by Crippen LogP contribution is -2.42. The van der Waals surface area contributed by atoms with Gasteiger partial charge in [-0.05, 0) is 60.7 Å². The molecule has 2 atom stereocenters. The molecule has 1 N–H and O–H groups in total. The lowest BCUT2D eigenvalue weighted by molar-refractivity contribution is -0.198. The van der Waals surface area contributed by atoms with Gasteiger partial charge in [-0.2, -0.15) is 13.2 Å². The van der Waals surface area contributed by atoms with Crippen LogP contribution in [0.1, 0.15) is 52.8 Å². The minimum atomic E-state index is -4.60. The molecule has 5 rings (SSSR count). The zero-order valence-corrected chi connectivity index (χ0v) is 23.8. The van der Waals surface area contributed by atoms with Crippen molar-refractivity contribution in [3.8, 4) is 5.75 Å². The van der Waals surface area contributed by atoms with Crippen molar-refractivity contribution >= 4 is 17.0 Å². The maximum atomic E-state index is 13.9. The van der Waals surface area contributed by atoms with Gasteiger partial charge in [-0.25, -0.2) is 4.68 Å². The first-order valence-corrected chi connectivity index (χ1v) is 13.7.